The number of carboxylic acids is 1. The van der Waals surface area contributed by atoms with E-state index in [2.05, 4.69) is 16.0 Å². The fourth-order valence-corrected chi connectivity index (χ4v) is 3.33. The zero-order valence-corrected chi connectivity index (χ0v) is 20.8. The number of nitrogens with two attached hydrogens (primary N) is 4. The van der Waals surface area contributed by atoms with E-state index in [0.717, 1.165) is 0 Å². The highest BCUT2D eigenvalue weighted by atomic mass is 32.2. The molecule has 0 aromatic rings. The molecular weight excluding hydrogens is 498 g/mol. The second-order valence-corrected chi connectivity index (χ2v) is 8.91. The third kappa shape index (κ3) is 14.1. The number of hydrogen-bond donors (Lipinski definition) is 8. The monoisotopic (exact) mass is 533 g/mol. The van der Waals surface area contributed by atoms with E-state index < -0.39 is 65.6 Å². The minimum absolute atomic E-state index is 0.0956. The maximum absolute atomic E-state index is 12.9. The number of hydrogen-bond acceptors (Lipinski definition) is 9. The van der Waals surface area contributed by atoms with Crippen molar-refractivity contribution in [3.8, 4) is 0 Å². The Bertz CT molecular complexity index is 826. The van der Waals surface area contributed by atoms with E-state index in [1.165, 1.54) is 11.8 Å². The summed E-state index contributed by atoms with van der Waals surface area (Å²) in [5.41, 5.74) is 21.0. The molecule has 36 heavy (non-hydrogen) atoms. The van der Waals surface area contributed by atoms with E-state index in [1.807, 2.05) is 0 Å². The summed E-state index contributed by atoms with van der Waals surface area (Å²) >= 11 is 1.37. The first kappa shape index (κ1) is 32.6. The van der Waals surface area contributed by atoms with Gasteiger partial charge in [-0.05, 0) is 37.7 Å². The Hall–Kier alpha value is -3.40. The Morgan fingerprint density at radius 3 is 1.44 bits per heavy atom. The second kappa shape index (κ2) is 17.1. The van der Waals surface area contributed by atoms with E-state index in [4.69, 9.17) is 22.9 Å². The largest absolute Gasteiger partial charge is 0.480 e. The van der Waals surface area contributed by atoms with Gasteiger partial charge in [0.05, 0.1) is 6.04 Å². The Morgan fingerprint density at radius 1 is 0.667 bits per heavy atom. The lowest BCUT2D eigenvalue weighted by molar-refractivity contribution is -0.142. The van der Waals surface area contributed by atoms with Gasteiger partial charge < -0.3 is 44.0 Å². The van der Waals surface area contributed by atoms with Crippen LogP contribution in [0.15, 0.2) is 0 Å². The smallest absolute Gasteiger partial charge is 0.326 e. The normalized spacial score (nSPS) is 13.9. The average molecular weight is 534 g/mol. The molecule has 0 radical (unpaired) electrons. The lowest BCUT2D eigenvalue weighted by atomic mass is 10.1. The highest BCUT2D eigenvalue weighted by molar-refractivity contribution is 7.98. The summed E-state index contributed by atoms with van der Waals surface area (Å²) < 4.78 is 0. The molecule has 0 saturated carbocycles. The van der Waals surface area contributed by atoms with Gasteiger partial charge in [0.2, 0.25) is 35.4 Å². The lowest BCUT2D eigenvalue weighted by Gasteiger charge is -2.25. The Morgan fingerprint density at radius 2 is 1.06 bits per heavy atom. The molecule has 0 aromatic carbocycles. The number of amides is 6. The fourth-order valence-electron chi connectivity index (χ4n) is 2.86. The van der Waals surface area contributed by atoms with Crippen molar-refractivity contribution in [3.63, 3.8) is 0 Å². The van der Waals surface area contributed by atoms with E-state index in [9.17, 15) is 38.7 Å². The maximum Gasteiger partial charge on any atom is 0.326 e. The quantitative estimate of drug-likeness (QED) is 0.0807. The average Bonchev–Trinajstić information content (AvgIpc) is 2.79. The molecule has 0 rings (SSSR count). The highest BCUT2D eigenvalue weighted by Crippen LogP contribution is 2.06. The SMILES string of the molecule is CSCCC(NC(=O)C(CCC(N)=O)NC(=O)C(CCC(N)=O)NC(=O)C(N)CCC(N)=O)C(=O)O. The molecule has 0 aliphatic carbocycles. The van der Waals surface area contributed by atoms with Crippen molar-refractivity contribution in [2.45, 2.75) is 69.1 Å². The van der Waals surface area contributed by atoms with E-state index in [-0.39, 0.29) is 44.9 Å². The third-order valence-corrected chi connectivity index (χ3v) is 5.53. The standard InChI is InChI=1S/C20H35N7O8S/c1-36-9-8-13(20(34)35)27-19(33)12(4-7-16(24)30)26-18(32)11(3-6-15(23)29)25-17(31)10(21)2-5-14(22)28/h10-13H,2-9,21H2,1H3,(H2,22,28)(H2,23,29)(H2,24,30)(H,25,31)(H,26,32)(H,27,33)(H,34,35). The molecule has 4 unspecified atom stereocenters. The maximum atomic E-state index is 12.9. The van der Waals surface area contributed by atoms with Crippen molar-refractivity contribution in [1.29, 1.82) is 0 Å². The summed E-state index contributed by atoms with van der Waals surface area (Å²) in [5, 5.41) is 16.4. The molecule has 0 saturated heterocycles. The number of carboxylic acid groups (broad SMARTS) is 1. The summed E-state index contributed by atoms with van der Waals surface area (Å²) in [7, 11) is 0. The Kier molecular flexibility index (Phi) is 15.5. The molecular formula is C20H35N7O8S. The molecule has 0 bridgehead atoms. The highest BCUT2D eigenvalue weighted by Gasteiger charge is 2.30. The van der Waals surface area contributed by atoms with Crippen LogP contribution in [0.25, 0.3) is 0 Å². The molecule has 0 aliphatic heterocycles. The van der Waals surface area contributed by atoms with Crippen molar-refractivity contribution in [2.75, 3.05) is 12.0 Å². The first-order valence-corrected chi connectivity index (χ1v) is 12.4. The molecule has 16 heteroatoms. The van der Waals surface area contributed by atoms with Gasteiger partial charge in [-0.15, -0.1) is 0 Å². The molecule has 0 heterocycles. The molecule has 0 aliphatic rings. The van der Waals surface area contributed by atoms with Gasteiger partial charge in [-0.3, -0.25) is 28.8 Å². The van der Waals surface area contributed by atoms with Gasteiger partial charge in [-0.25, -0.2) is 4.79 Å². The second-order valence-electron chi connectivity index (χ2n) is 7.92. The first-order chi connectivity index (χ1) is 16.8. The van der Waals surface area contributed by atoms with Crippen molar-refractivity contribution < 1.29 is 38.7 Å². The van der Waals surface area contributed by atoms with Gasteiger partial charge in [-0.1, -0.05) is 0 Å². The summed E-state index contributed by atoms with van der Waals surface area (Å²) in [5.74, 6) is -5.66. The Balaban J connectivity index is 5.59. The van der Waals surface area contributed by atoms with Crippen molar-refractivity contribution in [2.24, 2.45) is 22.9 Å². The topological polar surface area (TPSA) is 280 Å². The van der Waals surface area contributed by atoms with Crippen LogP contribution in [0.5, 0.6) is 0 Å². The van der Waals surface area contributed by atoms with Crippen molar-refractivity contribution in [1.82, 2.24) is 16.0 Å². The first-order valence-electron chi connectivity index (χ1n) is 11.0. The van der Waals surface area contributed by atoms with Crippen LogP contribution in [-0.2, 0) is 33.6 Å². The van der Waals surface area contributed by atoms with E-state index in [1.54, 1.807) is 6.26 Å². The number of nitrogens with one attached hydrogen (secondary N) is 3. The van der Waals surface area contributed by atoms with Crippen LogP contribution in [0.1, 0.15) is 44.9 Å². The number of primary amides is 3. The van der Waals surface area contributed by atoms with Crippen LogP contribution in [0.3, 0.4) is 0 Å². The summed E-state index contributed by atoms with van der Waals surface area (Å²) in [6, 6.07) is -5.17. The molecule has 6 amide bonds. The van der Waals surface area contributed by atoms with Gasteiger partial charge in [0, 0.05) is 19.3 Å². The van der Waals surface area contributed by atoms with E-state index in [0.29, 0.717) is 5.75 Å². The number of aliphatic carboxylic acids is 1. The van der Waals surface area contributed by atoms with Gasteiger partial charge in [0.1, 0.15) is 18.1 Å². The van der Waals surface area contributed by atoms with Crippen LogP contribution in [-0.4, -0.2) is 82.7 Å². The summed E-state index contributed by atoms with van der Waals surface area (Å²) in [6.45, 7) is 0. The molecule has 0 fully saturated rings. The Labute approximate surface area is 212 Å². The van der Waals surface area contributed by atoms with Crippen molar-refractivity contribution >= 4 is 53.2 Å². The molecule has 0 spiro atoms. The van der Waals surface area contributed by atoms with Crippen LogP contribution >= 0.6 is 11.8 Å². The van der Waals surface area contributed by atoms with Crippen LogP contribution in [0.2, 0.25) is 0 Å². The van der Waals surface area contributed by atoms with Gasteiger partial charge in [0.15, 0.2) is 0 Å². The molecule has 4 atom stereocenters. The lowest BCUT2D eigenvalue weighted by Crippen LogP contribution is -2.57. The minimum atomic E-state index is -1.38. The number of thioether (sulfide) groups is 1. The van der Waals surface area contributed by atoms with Crippen LogP contribution < -0.4 is 38.9 Å². The summed E-state index contributed by atoms with van der Waals surface area (Å²) in [6.07, 6.45) is 0.489. The van der Waals surface area contributed by atoms with Crippen LogP contribution in [0.4, 0.5) is 0 Å². The summed E-state index contributed by atoms with van der Waals surface area (Å²) in [4.78, 5) is 82.9. The zero-order chi connectivity index (χ0) is 27.8. The predicted molar refractivity (Wildman–Crippen MR) is 130 cm³/mol. The minimum Gasteiger partial charge on any atom is -0.480 e. The van der Waals surface area contributed by atoms with Gasteiger partial charge in [0.25, 0.3) is 0 Å². The number of carbonyl (C=O) groups excluding carboxylic acids is 6. The molecule has 204 valence electrons. The van der Waals surface area contributed by atoms with E-state index >= 15 is 0 Å². The molecule has 15 nitrogen and oxygen atoms in total. The van der Waals surface area contributed by atoms with Crippen molar-refractivity contribution in [3.05, 3.63) is 0 Å². The fraction of sp³-hybridized carbons (Fsp3) is 0.650. The van der Waals surface area contributed by atoms with Crippen LogP contribution in [0, 0.1) is 0 Å². The van der Waals surface area contributed by atoms with Gasteiger partial charge >= 0.3 is 5.97 Å². The van der Waals surface area contributed by atoms with Gasteiger partial charge in [-0.2, -0.15) is 11.8 Å². The zero-order valence-electron chi connectivity index (χ0n) is 20.0. The third-order valence-electron chi connectivity index (χ3n) is 4.89. The number of carbonyl (C=O) groups is 7. The predicted octanol–water partition coefficient (Wildman–Crippen LogP) is -3.60. The number of rotatable bonds is 19. The molecule has 12 N–H and O–H groups in total. The molecule has 0 aromatic heterocycles.